The van der Waals surface area contributed by atoms with E-state index in [-0.39, 0.29) is 11.8 Å². The third kappa shape index (κ3) is 4.33. The Hall–Kier alpha value is -1.12. The van der Waals surface area contributed by atoms with Crippen molar-refractivity contribution in [3.63, 3.8) is 0 Å². The Kier molecular flexibility index (Phi) is 5.95. The molecule has 1 aromatic heterocycles. The fraction of sp³-hybridized carbons (Fsp3) is 0.714. The Balaban J connectivity index is 2.18. The van der Waals surface area contributed by atoms with Crippen molar-refractivity contribution in [2.45, 2.75) is 65.3 Å². The van der Waals surface area contributed by atoms with Crippen molar-refractivity contribution in [2.75, 3.05) is 0 Å². The highest BCUT2D eigenvalue weighted by Crippen LogP contribution is 2.27. The summed E-state index contributed by atoms with van der Waals surface area (Å²) in [4.78, 5) is 0. The predicted octanol–water partition coefficient (Wildman–Crippen LogP) is 3.96. The van der Waals surface area contributed by atoms with Gasteiger partial charge < -0.3 is 10.2 Å². The van der Waals surface area contributed by atoms with E-state index in [9.17, 15) is 10.2 Å². The van der Waals surface area contributed by atoms with Crippen LogP contribution in [-0.4, -0.2) is 14.8 Å². The Bertz CT molecular complexity index is 331. The van der Waals surface area contributed by atoms with Crippen molar-refractivity contribution in [1.82, 2.24) is 4.57 Å². The molecule has 0 saturated carbocycles. The van der Waals surface area contributed by atoms with Gasteiger partial charge in [0.25, 0.3) is 0 Å². The molecule has 0 aliphatic rings. The molecular formula is C14H25NO2. The smallest absolute Gasteiger partial charge is 0.196 e. The first-order valence-corrected chi connectivity index (χ1v) is 6.75. The zero-order valence-corrected chi connectivity index (χ0v) is 11.1. The van der Waals surface area contributed by atoms with Gasteiger partial charge in [-0.3, -0.25) is 4.57 Å². The second kappa shape index (κ2) is 7.25. The molecule has 0 saturated heterocycles. The highest BCUT2D eigenvalue weighted by Gasteiger charge is 2.09. The Labute approximate surface area is 104 Å². The van der Waals surface area contributed by atoms with E-state index >= 15 is 0 Å². The molecule has 3 heteroatoms. The summed E-state index contributed by atoms with van der Waals surface area (Å²) in [6.07, 6.45) is 8.68. The summed E-state index contributed by atoms with van der Waals surface area (Å²) in [5, 5.41) is 19.3. The van der Waals surface area contributed by atoms with Crippen LogP contribution in [0.3, 0.4) is 0 Å². The van der Waals surface area contributed by atoms with Gasteiger partial charge in [-0.2, -0.15) is 0 Å². The van der Waals surface area contributed by atoms with Crippen LogP contribution in [-0.2, 0) is 6.54 Å². The summed E-state index contributed by atoms with van der Waals surface area (Å²) in [6.45, 7) is 4.73. The van der Waals surface area contributed by atoms with Crippen LogP contribution in [0.4, 0.5) is 0 Å². The van der Waals surface area contributed by atoms with Crippen molar-refractivity contribution in [3.05, 3.63) is 11.6 Å². The largest absolute Gasteiger partial charge is 0.494 e. The molecule has 0 aromatic carbocycles. The lowest BCUT2D eigenvalue weighted by molar-refractivity contribution is 0.360. The second-order valence-corrected chi connectivity index (χ2v) is 4.78. The minimum Gasteiger partial charge on any atom is -0.494 e. The number of hydrogen-bond acceptors (Lipinski definition) is 2. The average Bonchev–Trinajstić information content (AvgIpc) is 2.54. The lowest BCUT2D eigenvalue weighted by Crippen LogP contribution is -1.96. The minimum absolute atomic E-state index is 0.172. The predicted molar refractivity (Wildman–Crippen MR) is 70.5 cm³/mol. The fourth-order valence-electron chi connectivity index (χ4n) is 2.10. The zero-order valence-electron chi connectivity index (χ0n) is 11.1. The van der Waals surface area contributed by atoms with Gasteiger partial charge in [0.2, 0.25) is 0 Å². The van der Waals surface area contributed by atoms with Gasteiger partial charge in [0.15, 0.2) is 11.8 Å². The Morgan fingerprint density at radius 2 is 1.59 bits per heavy atom. The van der Waals surface area contributed by atoms with E-state index < -0.39 is 0 Å². The zero-order chi connectivity index (χ0) is 12.7. The second-order valence-electron chi connectivity index (χ2n) is 4.78. The molecule has 0 aliphatic carbocycles. The quantitative estimate of drug-likeness (QED) is 0.674. The number of nitrogens with zero attached hydrogens (tertiary/aromatic N) is 1. The van der Waals surface area contributed by atoms with Crippen molar-refractivity contribution in [2.24, 2.45) is 0 Å². The minimum atomic E-state index is 0.172. The first kappa shape index (κ1) is 13.9. The molecule has 17 heavy (non-hydrogen) atoms. The monoisotopic (exact) mass is 239 g/mol. The third-order valence-corrected chi connectivity index (χ3v) is 3.22. The number of aromatic nitrogens is 1. The van der Waals surface area contributed by atoms with Gasteiger partial charge in [-0.15, -0.1) is 0 Å². The molecule has 1 rings (SSSR count). The molecule has 0 fully saturated rings. The number of aryl methyl sites for hydroxylation is 1. The lowest BCUT2D eigenvalue weighted by Gasteiger charge is -2.06. The van der Waals surface area contributed by atoms with Gasteiger partial charge in [-0.05, 0) is 13.3 Å². The highest BCUT2D eigenvalue weighted by atomic mass is 16.3. The van der Waals surface area contributed by atoms with Crippen LogP contribution in [0.25, 0.3) is 0 Å². The molecule has 98 valence electrons. The summed E-state index contributed by atoms with van der Waals surface area (Å²) < 4.78 is 1.58. The van der Waals surface area contributed by atoms with Crippen LogP contribution < -0.4 is 0 Å². The highest BCUT2D eigenvalue weighted by molar-refractivity contribution is 5.33. The molecule has 2 N–H and O–H groups in total. The van der Waals surface area contributed by atoms with Crippen LogP contribution >= 0.6 is 0 Å². The first-order chi connectivity index (χ1) is 8.16. The van der Waals surface area contributed by atoms with Gasteiger partial charge in [0.1, 0.15) is 0 Å². The molecule has 0 unspecified atom stereocenters. The van der Waals surface area contributed by atoms with E-state index in [2.05, 4.69) is 6.92 Å². The molecular weight excluding hydrogens is 214 g/mol. The molecule has 3 nitrogen and oxygen atoms in total. The van der Waals surface area contributed by atoms with Gasteiger partial charge in [0.05, 0.1) is 0 Å². The molecule has 0 bridgehead atoms. The summed E-state index contributed by atoms with van der Waals surface area (Å²) in [7, 11) is 0. The number of hydrogen-bond donors (Lipinski definition) is 2. The van der Waals surface area contributed by atoms with E-state index in [1.807, 2.05) is 0 Å². The van der Waals surface area contributed by atoms with Gasteiger partial charge >= 0.3 is 0 Å². The van der Waals surface area contributed by atoms with E-state index in [1.54, 1.807) is 17.6 Å². The van der Waals surface area contributed by atoms with Crippen molar-refractivity contribution >= 4 is 0 Å². The molecule has 0 atom stereocenters. The lowest BCUT2D eigenvalue weighted by atomic mass is 10.1. The molecule has 0 spiro atoms. The summed E-state index contributed by atoms with van der Waals surface area (Å²) in [5.41, 5.74) is 0.741. The van der Waals surface area contributed by atoms with Crippen LogP contribution in [0.2, 0.25) is 0 Å². The SMILES string of the molecule is CCCCCCCCCn1c(O)cc(C)c1O. The molecule has 0 amide bonds. The van der Waals surface area contributed by atoms with E-state index in [0.717, 1.165) is 12.0 Å². The Morgan fingerprint density at radius 1 is 1.00 bits per heavy atom. The summed E-state index contributed by atoms with van der Waals surface area (Å²) >= 11 is 0. The molecule has 1 aromatic rings. The van der Waals surface area contributed by atoms with E-state index in [1.165, 1.54) is 38.5 Å². The number of rotatable bonds is 8. The average molecular weight is 239 g/mol. The van der Waals surface area contributed by atoms with Crippen molar-refractivity contribution in [1.29, 1.82) is 0 Å². The maximum Gasteiger partial charge on any atom is 0.196 e. The maximum atomic E-state index is 9.69. The van der Waals surface area contributed by atoms with Gasteiger partial charge in [-0.1, -0.05) is 45.4 Å². The van der Waals surface area contributed by atoms with Gasteiger partial charge in [-0.25, -0.2) is 0 Å². The topological polar surface area (TPSA) is 45.4 Å². The fourth-order valence-corrected chi connectivity index (χ4v) is 2.10. The Morgan fingerprint density at radius 3 is 2.12 bits per heavy atom. The van der Waals surface area contributed by atoms with Crippen molar-refractivity contribution < 1.29 is 10.2 Å². The maximum absolute atomic E-state index is 9.69. The number of unbranched alkanes of at least 4 members (excludes halogenated alkanes) is 6. The third-order valence-electron chi connectivity index (χ3n) is 3.22. The van der Waals surface area contributed by atoms with Crippen LogP contribution in [0.15, 0.2) is 6.07 Å². The van der Waals surface area contributed by atoms with Crippen LogP contribution in [0.1, 0.15) is 57.4 Å². The molecule has 1 heterocycles. The van der Waals surface area contributed by atoms with E-state index in [4.69, 9.17) is 0 Å². The van der Waals surface area contributed by atoms with E-state index in [0.29, 0.717) is 6.54 Å². The van der Waals surface area contributed by atoms with Crippen LogP contribution in [0, 0.1) is 6.92 Å². The normalized spacial score (nSPS) is 10.9. The first-order valence-electron chi connectivity index (χ1n) is 6.75. The summed E-state index contributed by atoms with van der Waals surface area (Å²) in [5.74, 6) is 0.375. The standard InChI is InChI=1S/C14H25NO2/c1-3-4-5-6-7-8-9-10-15-13(16)11-12(2)14(15)17/h11,16-17H,3-10H2,1-2H3. The van der Waals surface area contributed by atoms with Crippen molar-refractivity contribution in [3.8, 4) is 11.8 Å². The summed E-state index contributed by atoms with van der Waals surface area (Å²) in [6, 6.07) is 1.61. The molecule has 0 aliphatic heterocycles. The van der Waals surface area contributed by atoms with Gasteiger partial charge in [0, 0.05) is 18.2 Å². The molecule has 0 radical (unpaired) electrons. The van der Waals surface area contributed by atoms with Crippen LogP contribution in [0.5, 0.6) is 11.8 Å². The number of aromatic hydroxyl groups is 2.